The van der Waals surface area contributed by atoms with Crippen molar-refractivity contribution < 1.29 is 50.2 Å². The summed E-state index contributed by atoms with van der Waals surface area (Å²) in [6.45, 7) is 44.2. The molecule has 0 spiro atoms. The van der Waals surface area contributed by atoms with Gasteiger partial charge in [0.2, 0.25) is 11.8 Å². The highest BCUT2D eigenvalue weighted by Gasteiger charge is 2.41. The summed E-state index contributed by atoms with van der Waals surface area (Å²) >= 11 is 0. The first kappa shape index (κ1) is 73.0. The third-order valence-corrected chi connectivity index (χ3v) is 7.55. The largest absolute Gasteiger partial charge is 0.481 e. The Hall–Kier alpha value is -1.39. The highest BCUT2D eigenvalue weighted by atomic mass is 19.3. The molecule has 60 heavy (non-hydrogen) atoms. The smallest absolute Gasteiger partial charge is 0.306 e. The van der Waals surface area contributed by atoms with Gasteiger partial charge in [-0.3, -0.25) is 9.59 Å². The molecule has 3 unspecified atom stereocenters. The normalized spacial score (nSPS) is 16.2. The zero-order valence-electron chi connectivity index (χ0n) is 41.8. The Morgan fingerprint density at radius 2 is 0.933 bits per heavy atom. The Labute approximate surface area is 368 Å². The predicted octanol–water partition coefficient (Wildman–Crippen LogP) is 17.6. The average Bonchev–Trinajstić information content (AvgIpc) is 2.81. The molecule has 0 saturated carbocycles. The van der Waals surface area contributed by atoms with Crippen molar-refractivity contribution in [2.45, 2.75) is 255 Å². The number of Topliss-reactive ketones (excluding diaryl/α,β-unsaturated/α-hetero) is 1. The summed E-state index contributed by atoms with van der Waals surface area (Å²) in [5.74, 6) is -6.29. The number of hydrogen-bond acceptors (Lipinski definition) is 3. The van der Waals surface area contributed by atoms with Gasteiger partial charge in [0, 0.05) is 19.3 Å². The number of ketones is 1. The number of rotatable bonds is 9. The molecule has 1 fully saturated rings. The van der Waals surface area contributed by atoms with Crippen molar-refractivity contribution in [3.8, 4) is 0 Å². The van der Waals surface area contributed by atoms with Crippen molar-refractivity contribution in [2.75, 3.05) is 13.2 Å². The maximum atomic E-state index is 13.4. The van der Waals surface area contributed by atoms with Gasteiger partial charge in [-0.25, -0.2) is 30.7 Å². The first-order chi connectivity index (χ1) is 24.8. The second-order valence-electron chi connectivity index (χ2n) is 24.2. The van der Waals surface area contributed by atoms with Gasteiger partial charge in [-0.1, -0.05) is 153 Å². The standard InChI is InChI=1S/C9H17FO.C8H16F2.C8H15FO.C8H16O2.C7H14F2.C7H15F.2CH4/c1-7(11)9(5,10)6-8(2,3)4;1-5-8(9,10)6-7(2,3)4;1-7(2,3)4-8(9)5-10-6-8;1-6(7(9)10)5-8(2,3)4;1-6(2,3)5-7(4,8)9;1-6(8)5-7(2,3)4;;/h6H2,1-5H3;5-6H2,1-4H3;4-6H2,1-3H3;6H,5H2,1-4H3,(H,9,10);5H2,1-4H3;6H,5H2,1-4H3;2*1H4. The minimum Gasteiger partial charge on any atom is -0.481 e. The van der Waals surface area contributed by atoms with Crippen molar-refractivity contribution in [3.05, 3.63) is 0 Å². The highest BCUT2D eigenvalue weighted by Crippen LogP contribution is 2.36. The van der Waals surface area contributed by atoms with Crippen LogP contribution in [0.4, 0.5) is 30.7 Å². The van der Waals surface area contributed by atoms with Crippen molar-refractivity contribution in [3.63, 3.8) is 0 Å². The van der Waals surface area contributed by atoms with E-state index in [1.165, 1.54) is 20.8 Å². The van der Waals surface area contributed by atoms with Crippen LogP contribution in [0.5, 0.6) is 0 Å². The molecule has 1 aliphatic heterocycles. The molecule has 0 bridgehead atoms. The number of carbonyl (C=O) groups excluding carboxylic acids is 1. The molecule has 1 aliphatic rings. The summed E-state index contributed by atoms with van der Waals surface area (Å²) in [7, 11) is 0. The molecule has 3 atom stereocenters. The Morgan fingerprint density at radius 3 is 1.00 bits per heavy atom. The molecular weight excluding hydrogens is 786 g/mol. The van der Waals surface area contributed by atoms with Gasteiger partial charge in [0.1, 0.15) is 0 Å². The van der Waals surface area contributed by atoms with Gasteiger partial charge in [-0.15, -0.1) is 0 Å². The van der Waals surface area contributed by atoms with Crippen LogP contribution in [0, 0.1) is 38.4 Å². The lowest BCUT2D eigenvalue weighted by molar-refractivity contribution is -0.145. The molecule has 1 rings (SSSR count). The molecular formula is C49H101F7O4. The number of carboxylic acid groups (broad SMARTS) is 1. The average molecular weight is 887 g/mol. The number of carboxylic acids is 1. The number of ether oxygens (including phenoxy) is 1. The molecule has 11 heteroatoms. The van der Waals surface area contributed by atoms with Crippen LogP contribution in [0.25, 0.3) is 0 Å². The summed E-state index contributed by atoms with van der Waals surface area (Å²) in [4.78, 5) is 21.1. The summed E-state index contributed by atoms with van der Waals surface area (Å²) in [6.07, 6.45) is 1.53. The van der Waals surface area contributed by atoms with E-state index in [1.807, 2.05) is 125 Å². The van der Waals surface area contributed by atoms with Crippen LogP contribution in [-0.2, 0) is 14.3 Å². The number of carbonyl (C=O) groups is 2. The monoisotopic (exact) mass is 887 g/mol. The Kier molecular flexibility index (Phi) is 34.6. The molecule has 0 amide bonds. The van der Waals surface area contributed by atoms with Gasteiger partial charge in [0.15, 0.2) is 17.1 Å². The second kappa shape index (κ2) is 28.4. The van der Waals surface area contributed by atoms with E-state index in [-0.39, 0.29) is 84.7 Å². The topological polar surface area (TPSA) is 63.6 Å². The second-order valence-corrected chi connectivity index (χ2v) is 24.2. The van der Waals surface area contributed by atoms with E-state index in [1.54, 1.807) is 13.8 Å². The molecule has 1 heterocycles. The zero-order chi connectivity index (χ0) is 48.4. The van der Waals surface area contributed by atoms with E-state index in [0.717, 1.165) is 13.3 Å². The van der Waals surface area contributed by atoms with Crippen LogP contribution >= 0.6 is 0 Å². The van der Waals surface area contributed by atoms with Crippen molar-refractivity contribution >= 4 is 11.8 Å². The SMILES string of the molecule is C.C.CC(=O)C(C)(F)CC(C)(C)C.CC(C)(C)CC(C)(F)F.CC(C)(C)CC1(F)COC1.CC(CC(C)(C)C)C(=O)O.CC(F)CC(C)(C)C.CCC(F)(F)CC(C)(C)C. The van der Waals surface area contributed by atoms with E-state index < -0.39 is 35.3 Å². The third kappa shape index (κ3) is 60.9. The lowest BCUT2D eigenvalue weighted by atomic mass is 9.82. The fourth-order valence-electron chi connectivity index (χ4n) is 6.18. The van der Waals surface area contributed by atoms with Gasteiger partial charge in [-0.2, -0.15) is 0 Å². The molecule has 0 aromatic heterocycles. The number of alkyl halides is 7. The van der Waals surface area contributed by atoms with E-state index >= 15 is 0 Å². The summed E-state index contributed by atoms with van der Waals surface area (Å²) < 4.78 is 93.4. The van der Waals surface area contributed by atoms with Crippen LogP contribution in [-0.4, -0.2) is 59.4 Å². The first-order valence-corrected chi connectivity index (χ1v) is 20.9. The van der Waals surface area contributed by atoms with Gasteiger partial charge in [0.05, 0.1) is 25.3 Å². The van der Waals surface area contributed by atoms with Crippen molar-refractivity contribution in [1.29, 1.82) is 0 Å². The fraction of sp³-hybridized carbons (Fsp3) is 0.959. The highest BCUT2D eigenvalue weighted by molar-refractivity contribution is 5.84. The Bertz CT molecular complexity index is 1060. The quantitative estimate of drug-likeness (QED) is 0.234. The van der Waals surface area contributed by atoms with E-state index in [9.17, 15) is 40.3 Å². The van der Waals surface area contributed by atoms with Crippen molar-refractivity contribution in [1.82, 2.24) is 0 Å². The lowest BCUT2D eigenvalue weighted by Gasteiger charge is -2.38. The minimum atomic E-state index is -2.52. The number of hydrogen-bond donors (Lipinski definition) is 1. The van der Waals surface area contributed by atoms with Gasteiger partial charge in [-0.05, 0) is 85.9 Å². The van der Waals surface area contributed by atoms with Crippen molar-refractivity contribution in [2.24, 2.45) is 38.4 Å². The maximum absolute atomic E-state index is 13.4. The van der Waals surface area contributed by atoms with Crippen LogP contribution in [0.15, 0.2) is 0 Å². The lowest BCUT2D eigenvalue weighted by Crippen LogP contribution is -2.47. The van der Waals surface area contributed by atoms with E-state index in [2.05, 4.69) is 0 Å². The van der Waals surface area contributed by atoms with Crippen LogP contribution in [0.1, 0.15) is 226 Å². The Balaban J connectivity index is -0.000000112. The number of halogens is 7. The molecule has 1 saturated heterocycles. The molecule has 0 aliphatic carbocycles. The van der Waals surface area contributed by atoms with E-state index in [0.29, 0.717) is 26.1 Å². The Morgan fingerprint density at radius 1 is 0.600 bits per heavy atom. The summed E-state index contributed by atoms with van der Waals surface area (Å²) in [5, 5.41) is 8.55. The molecule has 1 N–H and O–H groups in total. The predicted molar refractivity (Wildman–Crippen MR) is 246 cm³/mol. The summed E-state index contributed by atoms with van der Waals surface area (Å²) in [5.41, 5.74) is -2.98. The van der Waals surface area contributed by atoms with Crippen LogP contribution < -0.4 is 0 Å². The molecule has 0 radical (unpaired) electrons. The van der Waals surface area contributed by atoms with Gasteiger partial charge >= 0.3 is 5.97 Å². The molecule has 0 aromatic rings. The summed E-state index contributed by atoms with van der Waals surface area (Å²) in [6, 6.07) is 0. The fourth-order valence-corrected chi connectivity index (χ4v) is 6.18. The number of aliphatic carboxylic acids is 1. The zero-order valence-corrected chi connectivity index (χ0v) is 41.8. The maximum Gasteiger partial charge on any atom is 0.306 e. The van der Waals surface area contributed by atoms with Gasteiger partial charge in [0.25, 0.3) is 0 Å². The van der Waals surface area contributed by atoms with E-state index in [4.69, 9.17) is 9.84 Å². The minimum absolute atomic E-state index is 0. The molecule has 0 aromatic carbocycles. The molecule has 4 nitrogen and oxygen atoms in total. The van der Waals surface area contributed by atoms with Crippen LogP contribution in [0.2, 0.25) is 0 Å². The third-order valence-electron chi connectivity index (χ3n) is 7.55. The molecule has 370 valence electrons. The first-order valence-electron chi connectivity index (χ1n) is 20.9. The van der Waals surface area contributed by atoms with Crippen LogP contribution in [0.3, 0.4) is 0 Å². The van der Waals surface area contributed by atoms with Gasteiger partial charge < -0.3 is 9.84 Å².